The molecule has 0 saturated carbocycles. The summed E-state index contributed by atoms with van der Waals surface area (Å²) in [5, 5.41) is 3.07. The van der Waals surface area contributed by atoms with Crippen LogP contribution in [-0.4, -0.2) is 50.8 Å². The van der Waals surface area contributed by atoms with E-state index in [2.05, 4.69) is 5.32 Å². The molecule has 0 aromatic heterocycles. The van der Waals surface area contributed by atoms with Gasteiger partial charge in [0.2, 0.25) is 11.8 Å². The second kappa shape index (κ2) is 13.4. The zero-order valence-electron chi connectivity index (χ0n) is 21.9. The number of nitrogens with zero attached hydrogens (tertiary/aromatic N) is 2. The van der Waals surface area contributed by atoms with Gasteiger partial charge in [-0.15, -0.1) is 0 Å². The van der Waals surface area contributed by atoms with Gasteiger partial charge in [-0.05, 0) is 49.1 Å². The molecule has 202 valence electrons. The minimum absolute atomic E-state index is 0.0336. The molecule has 0 saturated heterocycles. The van der Waals surface area contributed by atoms with E-state index in [1.807, 2.05) is 44.2 Å². The van der Waals surface area contributed by atoms with Crippen LogP contribution in [0.5, 0.6) is 0 Å². The van der Waals surface area contributed by atoms with Crippen molar-refractivity contribution in [3.05, 3.63) is 95.5 Å². The summed E-state index contributed by atoms with van der Waals surface area (Å²) in [4.78, 5) is 28.3. The van der Waals surface area contributed by atoms with E-state index in [1.165, 1.54) is 17.0 Å². The number of para-hydroxylation sites is 1. The number of amides is 2. The standard InChI is InChI=1S/C29H34ClN3O4S/c1-22(2)20-31-29(35)23(3)32(19-18-24-12-6-4-7-13-24)28(34)21-33(27-17-11-10-16-26(27)30)38(36,37)25-14-8-5-9-15-25/h4-17,22-23H,18-21H2,1-3H3,(H,31,35)/t23-/m0/s1. The van der Waals surface area contributed by atoms with Gasteiger partial charge in [-0.25, -0.2) is 8.42 Å². The predicted molar refractivity (Wildman–Crippen MR) is 152 cm³/mol. The highest BCUT2D eigenvalue weighted by Crippen LogP contribution is 2.30. The Kier molecular flexibility index (Phi) is 10.3. The molecular weight excluding hydrogens is 522 g/mol. The van der Waals surface area contributed by atoms with Gasteiger partial charge < -0.3 is 10.2 Å². The molecule has 2 amide bonds. The van der Waals surface area contributed by atoms with Gasteiger partial charge in [0.05, 0.1) is 15.6 Å². The molecule has 3 aromatic carbocycles. The van der Waals surface area contributed by atoms with Gasteiger partial charge in [0.15, 0.2) is 0 Å². The summed E-state index contributed by atoms with van der Waals surface area (Å²) in [5.74, 6) is -0.561. The Morgan fingerprint density at radius 2 is 1.45 bits per heavy atom. The molecule has 0 bridgehead atoms. The molecule has 7 nitrogen and oxygen atoms in total. The Balaban J connectivity index is 1.95. The number of anilines is 1. The number of rotatable bonds is 12. The Labute approximate surface area is 230 Å². The normalized spacial score (nSPS) is 12.1. The maximum atomic E-state index is 13.8. The van der Waals surface area contributed by atoms with Crippen LogP contribution in [0.15, 0.2) is 89.8 Å². The third kappa shape index (κ3) is 7.58. The lowest BCUT2D eigenvalue weighted by Crippen LogP contribution is -2.52. The maximum absolute atomic E-state index is 13.8. The van der Waals surface area contributed by atoms with E-state index in [1.54, 1.807) is 49.4 Å². The maximum Gasteiger partial charge on any atom is 0.264 e. The van der Waals surface area contributed by atoms with E-state index < -0.39 is 28.5 Å². The topological polar surface area (TPSA) is 86.8 Å². The Hall–Kier alpha value is -3.36. The van der Waals surface area contributed by atoms with Crippen molar-refractivity contribution in [3.8, 4) is 0 Å². The smallest absolute Gasteiger partial charge is 0.264 e. The molecule has 1 atom stereocenters. The second-order valence-corrected chi connectivity index (χ2v) is 11.7. The quantitative estimate of drug-likeness (QED) is 0.349. The molecular formula is C29H34ClN3O4S. The SMILES string of the molecule is CC(C)CNC(=O)[C@H](C)N(CCc1ccccc1)C(=O)CN(c1ccccc1Cl)S(=O)(=O)c1ccccc1. The number of carbonyl (C=O) groups is 2. The average molecular weight is 556 g/mol. The fourth-order valence-corrected chi connectivity index (χ4v) is 5.65. The van der Waals surface area contributed by atoms with Crippen molar-refractivity contribution in [3.63, 3.8) is 0 Å². The van der Waals surface area contributed by atoms with Crippen molar-refractivity contribution >= 4 is 39.1 Å². The molecule has 0 spiro atoms. The summed E-state index contributed by atoms with van der Waals surface area (Å²) >= 11 is 6.41. The lowest BCUT2D eigenvalue weighted by atomic mass is 10.1. The summed E-state index contributed by atoms with van der Waals surface area (Å²) in [7, 11) is -4.14. The summed E-state index contributed by atoms with van der Waals surface area (Å²) in [6, 6.07) is 23.2. The first-order chi connectivity index (χ1) is 18.1. The molecule has 0 fully saturated rings. The highest BCUT2D eigenvalue weighted by atomic mass is 35.5. The molecule has 0 aliphatic heterocycles. The molecule has 0 radical (unpaired) electrons. The van der Waals surface area contributed by atoms with Crippen LogP contribution in [0, 0.1) is 5.92 Å². The van der Waals surface area contributed by atoms with Gasteiger partial charge in [-0.2, -0.15) is 0 Å². The van der Waals surface area contributed by atoms with E-state index in [-0.39, 0.29) is 34.0 Å². The summed E-state index contributed by atoms with van der Waals surface area (Å²) < 4.78 is 28.5. The number of carbonyl (C=O) groups excluding carboxylic acids is 2. The van der Waals surface area contributed by atoms with Crippen molar-refractivity contribution < 1.29 is 18.0 Å². The lowest BCUT2D eigenvalue weighted by Gasteiger charge is -2.32. The molecule has 0 aliphatic rings. The molecule has 0 unspecified atom stereocenters. The number of sulfonamides is 1. The van der Waals surface area contributed by atoms with Crippen LogP contribution in [0.25, 0.3) is 0 Å². The first-order valence-corrected chi connectivity index (χ1v) is 14.4. The number of hydrogen-bond acceptors (Lipinski definition) is 4. The van der Waals surface area contributed by atoms with E-state index in [4.69, 9.17) is 11.6 Å². The van der Waals surface area contributed by atoms with Gasteiger partial charge in [0, 0.05) is 13.1 Å². The minimum atomic E-state index is -4.14. The Morgan fingerprint density at radius 1 is 0.868 bits per heavy atom. The fourth-order valence-electron chi connectivity index (χ4n) is 3.91. The highest BCUT2D eigenvalue weighted by molar-refractivity contribution is 7.92. The van der Waals surface area contributed by atoms with E-state index in [9.17, 15) is 18.0 Å². The largest absolute Gasteiger partial charge is 0.354 e. The van der Waals surface area contributed by atoms with Crippen LogP contribution >= 0.6 is 11.6 Å². The summed E-state index contributed by atoms with van der Waals surface area (Å²) in [6.07, 6.45) is 0.506. The van der Waals surface area contributed by atoms with E-state index >= 15 is 0 Å². The monoisotopic (exact) mass is 555 g/mol. The second-order valence-electron chi connectivity index (χ2n) is 9.41. The van der Waals surface area contributed by atoms with Crippen LogP contribution < -0.4 is 9.62 Å². The van der Waals surface area contributed by atoms with E-state index in [0.29, 0.717) is 13.0 Å². The van der Waals surface area contributed by atoms with Crippen LogP contribution in [0.1, 0.15) is 26.3 Å². The third-order valence-electron chi connectivity index (χ3n) is 6.07. The number of benzene rings is 3. The number of halogens is 1. The highest BCUT2D eigenvalue weighted by Gasteiger charge is 2.33. The zero-order valence-corrected chi connectivity index (χ0v) is 23.5. The van der Waals surface area contributed by atoms with Crippen molar-refractivity contribution in [1.29, 1.82) is 0 Å². The third-order valence-corrected chi connectivity index (χ3v) is 8.16. The zero-order chi connectivity index (χ0) is 27.7. The molecule has 3 aromatic rings. The fraction of sp³-hybridized carbons (Fsp3) is 0.310. The van der Waals surface area contributed by atoms with Gasteiger partial charge in [-0.1, -0.05) is 86.1 Å². The average Bonchev–Trinajstić information content (AvgIpc) is 2.91. The molecule has 38 heavy (non-hydrogen) atoms. The molecule has 0 heterocycles. The van der Waals surface area contributed by atoms with Gasteiger partial charge in [0.25, 0.3) is 10.0 Å². The predicted octanol–water partition coefficient (Wildman–Crippen LogP) is 4.77. The van der Waals surface area contributed by atoms with Crippen molar-refractivity contribution in [2.75, 3.05) is 23.9 Å². The summed E-state index contributed by atoms with van der Waals surface area (Å²) in [6.45, 7) is 5.82. The van der Waals surface area contributed by atoms with Crippen molar-refractivity contribution in [2.45, 2.75) is 38.1 Å². The minimum Gasteiger partial charge on any atom is -0.354 e. The number of hydrogen-bond donors (Lipinski definition) is 1. The van der Waals surface area contributed by atoms with Crippen molar-refractivity contribution in [1.82, 2.24) is 10.2 Å². The molecule has 0 aliphatic carbocycles. The molecule has 3 rings (SSSR count). The molecule has 1 N–H and O–H groups in total. The Morgan fingerprint density at radius 3 is 2.05 bits per heavy atom. The van der Waals surface area contributed by atoms with Gasteiger partial charge in [0.1, 0.15) is 12.6 Å². The van der Waals surface area contributed by atoms with Crippen LogP contribution in [0.4, 0.5) is 5.69 Å². The summed E-state index contributed by atoms with van der Waals surface area (Å²) in [5.41, 5.74) is 1.19. The Bertz CT molecular complexity index is 1320. The first kappa shape index (κ1) is 29.2. The number of nitrogens with one attached hydrogen (secondary N) is 1. The van der Waals surface area contributed by atoms with Crippen molar-refractivity contribution in [2.24, 2.45) is 5.92 Å². The van der Waals surface area contributed by atoms with Crippen LogP contribution in [0.2, 0.25) is 5.02 Å². The lowest BCUT2D eigenvalue weighted by molar-refractivity contribution is -0.138. The van der Waals surface area contributed by atoms with Crippen LogP contribution in [0.3, 0.4) is 0 Å². The molecule has 9 heteroatoms. The first-order valence-electron chi connectivity index (χ1n) is 12.5. The van der Waals surface area contributed by atoms with Crippen LogP contribution in [-0.2, 0) is 26.0 Å². The van der Waals surface area contributed by atoms with E-state index in [0.717, 1.165) is 9.87 Å². The van der Waals surface area contributed by atoms with Gasteiger partial charge >= 0.3 is 0 Å². The van der Waals surface area contributed by atoms with Gasteiger partial charge in [-0.3, -0.25) is 13.9 Å².